The molecule has 0 aromatic heterocycles. The van der Waals surface area contributed by atoms with Crippen molar-refractivity contribution in [2.45, 2.75) is 50.7 Å². The largest absolute Gasteiger partial charge is 0.310 e. The number of likely N-dealkylation sites (tertiary alicyclic amines) is 1. The molecule has 0 unspecified atom stereocenters. The molecule has 0 bridgehead atoms. The van der Waals surface area contributed by atoms with Crippen LogP contribution in [0.3, 0.4) is 0 Å². The van der Waals surface area contributed by atoms with Crippen LogP contribution in [0, 0.1) is 0 Å². The number of rotatable bonds is 4. The summed E-state index contributed by atoms with van der Waals surface area (Å²) >= 11 is 0. The molecule has 0 radical (unpaired) electrons. The van der Waals surface area contributed by atoms with Crippen LogP contribution in [-0.4, -0.2) is 30.1 Å². The molecule has 0 amide bonds. The van der Waals surface area contributed by atoms with Gasteiger partial charge in [-0.25, -0.2) is 0 Å². The SMILES string of the molecule is c1ccc(CN2CC[C@H](NC3CCCC3)C2)cc1. The third-order valence-corrected chi connectivity index (χ3v) is 4.35. The van der Waals surface area contributed by atoms with Crippen molar-refractivity contribution >= 4 is 0 Å². The lowest BCUT2D eigenvalue weighted by Crippen LogP contribution is -2.38. The van der Waals surface area contributed by atoms with E-state index in [0.717, 1.165) is 18.6 Å². The summed E-state index contributed by atoms with van der Waals surface area (Å²) < 4.78 is 0. The van der Waals surface area contributed by atoms with Gasteiger partial charge in [0.25, 0.3) is 0 Å². The van der Waals surface area contributed by atoms with Crippen LogP contribution in [0.25, 0.3) is 0 Å². The Hall–Kier alpha value is -0.860. The first-order valence-electron chi connectivity index (χ1n) is 7.42. The minimum atomic E-state index is 0.733. The van der Waals surface area contributed by atoms with E-state index in [1.165, 1.54) is 50.8 Å². The summed E-state index contributed by atoms with van der Waals surface area (Å²) in [6.45, 7) is 3.59. The fourth-order valence-corrected chi connectivity index (χ4v) is 3.38. The quantitative estimate of drug-likeness (QED) is 0.876. The second-order valence-electron chi connectivity index (χ2n) is 5.85. The Morgan fingerprint density at radius 1 is 1.00 bits per heavy atom. The molecule has 2 fully saturated rings. The third kappa shape index (κ3) is 3.12. The molecule has 1 saturated heterocycles. The molecule has 1 aromatic rings. The molecule has 1 aromatic carbocycles. The van der Waals surface area contributed by atoms with E-state index in [0.29, 0.717) is 0 Å². The van der Waals surface area contributed by atoms with Crippen molar-refractivity contribution in [3.63, 3.8) is 0 Å². The molecule has 1 N–H and O–H groups in total. The first-order chi connectivity index (χ1) is 8.90. The Balaban J connectivity index is 1.46. The number of nitrogens with zero attached hydrogens (tertiary/aromatic N) is 1. The van der Waals surface area contributed by atoms with Crippen LogP contribution in [0.5, 0.6) is 0 Å². The summed E-state index contributed by atoms with van der Waals surface area (Å²) in [6.07, 6.45) is 6.98. The Labute approximate surface area is 110 Å². The third-order valence-electron chi connectivity index (χ3n) is 4.35. The van der Waals surface area contributed by atoms with Crippen molar-refractivity contribution < 1.29 is 0 Å². The molecule has 98 valence electrons. The Kier molecular flexibility index (Phi) is 3.96. The molecule has 18 heavy (non-hydrogen) atoms. The molecule has 1 aliphatic heterocycles. The van der Waals surface area contributed by atoms with Crippen LogP contribution < -0.4 is 5.32 Å². The normalized spacial score (nSPS) is 25.9. The summed E-state index contributed by atoms with van der Waals surface area (Å²) in [7, 11) is 0. The maximum Gasteiger partial charge on any atom is 0.0234 e. The van der Waals surface area contributed by atoms with Crippen LogP contribution >= 0.6 is 0 Å². The van der Waals surface area contributed by atoms with Gasteiger partial charge in [-0.1, -0.05) is 43.2 Å². The van der Waals surface area contributed by atoms with Gasteiger partial charge in [-0.2, -0.15) is 0 Å². The predicted octanol–water partition coefficient (Wildman–Crippen LogP) is 2.79. The molecule has 2 nitrogen and oxygen atoms in total. The number of hydrogen-bond donors (Lipinski definition) is 1. The lowest BCUT2D eigenvalue weighted by Gasteiger charge is -2.20. The van der Waals surface area contributed by atoms with E-state index in [2.05, 4.69) is 40.5 Å². The van der Waals surface area contributed by atoms with E-state index < -0.39 is 0 Å². The molecule has 2 aliphatic rings. The van der Waals surface area contributed by atoms with Crippen LogP contribution in [-0.2, 0) is 6.54 Å². The number of benzene rings is 1. The first-order valence-corrected chi connectivity index (χ1v) is 7.42. The molecular weight excluding hydrogens is 220 g/mol. The Morgan fingerprint density at radius 3 is 2.56 bits per heavy atom. The average molecular weight is 244 g/mol. The first kappa shape index (κ1) is 12.2. The summed E-state index contributed by atoms with van der Waals surface area (Å²) in [4.78, 5) is 2.59. The van der Waals surface area contributed by atoms with E-state index in [1.54, 1.807) is 0 Å². The minimum absolute atomic E-state index is 0.733. The van der Waals surface area contributed by atoms with E-state index in [9.17, 15) is 0 Å². The molecule has 1 heterocycles. The van der Waals surface area contributed by atoms with Gasteiger partial charge < -0.3 is 5.32 Å². The number of hydrogen-bond acceptors (Lipinski definition) is 2. The highest BCUT2D eigenvalue weighted by Crippen LogP contribution is 2.20. The Morgan fingerprint density at radius 2 is 1.78 bits per heavy atom. The summed E-state index contributed by atoms with van der Waals surface area (Å²) in [5.74, 6) is 0. The lowest BCUT2D eigenvalue weighted by molar-refractivity contribution is 0.314. The van der Waals surface area contributed by atoms with Crippen LogP contribution in [0.1, 0.15) is 37.7 Å². The predicted molar refractivity (Wildman–Crippen MR) is 75.5 cm³/mol. The van der Waals surface area contributed by atoms with Crippen molar-refractivity contribution in [2.24, 2.45) is 0 Å². The van der Waals surface area contributed by atoms with Gasteiger partial charge in [-0.15, -0.1) is 0 Å². The minimum Gasteiger partial charge on any atom is -0.310 e. The second kappa shape index (κ2) is 5.85. The zero-order valence-electron chi connectivity index (χ0n) is 11.1. The van der Waals surface area contributed by atoms with Crippen LogP contribution in [0.2, 0.25) is 0 Å². The van der Waals surface area contributed by atoms with Gasteiger partial charge >= 0.3 is 0 Å². The second-order valence-corrected chi connectivity index (χ2v) is 5.85. The summed E-state index contributed by atoms with van der Waals surface area (Å²) in [5.41, 5.74) is 1.44. The lowest BCUT2D eigenvalue weighted by atomic mass is 10.2. The smallest absolute Gasteiger partial charge is 0.0234 e. The molecule has 3 rings (SSSR count). The molecule has 1 aliphatic carbocycles. The van der Waals surface area contributed by atoms with Gasteiger partial charge in [0.2, 0.25) is 0 Å². The van der Waals surface area contributed by atoms with Crippen LogP contribution in [0.4, 0.5) is 0 Å². The molecule has 2 heteroatoms. The van der Waals surface area contributed by atoms with Crippen LogP contribution in [0.15, 0.2) is 30.3 Å². The van der Waals surface area contributed by atoms with Gasteiger partial charge in [0, 0.05) is 31.7 Å². The molecule has 1 saturated carbocycles. The highest BCUT2D eigenvalue weighted by Gasteiger charge is 2.25. The van der Waals surface area contributed by atoms with Crippen molar-refractivity contribution in [1.29, 1.82) is 0 Å². The fourth-order valence-electron chi connectivity index (χ4n) is 3.38. The average Bonchev–Trinajstić information content (AvgIpc) is 3.03. The number of nitrogens with one attached hydrogen (secondary N) is 1. The zero-order valence-corrected chi connectivity index (χ0v) is 11.1. The maximum absolute atomic E-state index is 3.85. The van der Waals surface area contributed by atoms with Gasteiger partial charge in [-0.3, -0.25) is 4.90 Å². The molecule has 1 atom stereocenters. The van der Waals surface area contributed by atoms with Crippen molar-refractivity contribution in [3.8, 4) is 0 Å². The van der Waals surface area contributed by atoms with E-state index in [4.69, 9.17) is 0 Å². The zero-order chi connectivity index (χ0) is 12.2. The van der Waals surface area contributed by atoms with Gasteiger partial charge in [0.15, 0.2) is 0 Å². The molecule has 0 spiro atoms. The Bertz CT molecular complexity index is 357. The molecular formula is C16H24N2. The fraction of sp³-hybridized carbons (Fsp3) is 0.625. The maximum atomic E-state index is 3.85. The van der Waals surface area contributed by atoms with Crippen molar-refractivity contribution in [2.75, 3.05) is 13.1 Å². The summed E-state index contributed by atoms with van der Waals surface area (Å²) in [5, 5.41) is 3.85. The van der Waals surface area contributed by atoms with Crippen molar-refractivity contribution in [1.82, 2.24) is 10.2 Å². The van der Waals surface area contributed by atoms with Gasteiger partial charge in [0.05, 0.1) is 0 Å². The van der Waals surface area contributed by atoms with E-state index >= 15 is 0 Å². The summed E-state index contributed by atoms with van der Waals surface area (Å²) in [6, 6.07) is 12.4. The highest BCUT2D eigenvalue weighted by atomic mass is 15.2. The van der Waals surface area contributed by atoms with Crippen molar-refractivity contribution in [3.05, 3.63) is 35.9 Å². The highest BCUT2D eigenvalue weighted by molar-refractivity contribution is 5.14. The standard InChI is InChI=1S/C16H24N2/c1-2-6-14(7-3-1)12-18-11-10-16(13-18)17-15-8-4-5-9-15/h1-3,6-7,15-17H,4-5,8-13H2/t16-/m0/s1. The monoisotopic (exact) mass is 244 g/mol. The topological polar surface area (TPSA) is 15.3 Å². The van der Waals surface area contributed by atoms with Gasteiger partial charge in [-0.05, 0) is 24.8 Å². The van der Waals surface area contributed by atoms with E-state index in [1.807, 2.05) is 0 Å². The van der Waals surface area contributed by atoms with Gasteiger partial charge in [0.1, 0.15) is 0 Å². The van der Waals surface area contributed by atoms with E-state index in [-0.39, 0.29) is 0 Å².